The topological polar surface area (TPSA) is 84.5 Å². The Morgan fingerprint density at radius 2 is 1.70 bits per heavy atom. The Bertz CT molecular complexity index is 910. The number of nitrogens with one attached hydrogen (secondary N) is 2. The van der Waals surface area contributed by atoms with Crippen LogP contribution < -0.4 is 10.6 Å². The number of ether oxygens (including phenoxy) is 1. The highest BCUT2D eigenvalue weighted by Crippen LogP contribution is 2.10. The van der Waals surface area contributed by atoms with Gasteiger partial charge < -0.3 is 15.4 Å². The molecule has 7 heteroatoms. The van der Waals surface area contributed by atoms with Crippen molar-refractivity contribution in [2.24, 2.45) is 5.92 Å². The fraction of sp³-hybridized carbons (Fsp3) is 0.348. The first-order valence-corrected chi connectivity index (χ1v) is 9.73. The van der Waals surface area contributed by atoms with Crippen molar-refractivity contribution in [1.82, 2.24) is 10.6 Å². The molecule has 0 saturated heterocycles. The molecule has 0 radical (unpaired) electrons. The van der Waals surface area contributed by atoms with Crippen molar-refractivity contribution in [1.29, 1.82) is 0 Å². The molecule has 0 aliphatic heterocycles. The van der Waals surface area contributed by atoms with Gasteiger partial charge in [0.2, 0.25) is 0 Å². The summed E-state index contributed by atoms with van der Waals surface area (Å²) in [5.41, 5.74) is 2.57. The lowest BCUT2D eigenvalue weighted by Gasteiger charge is -2.21. The minimum atomic E-state index is -0.891. The van der Waals surface area contributed by atoms with Crippen molar-refractivity contribution >= 4 is 17.8 Å². The second-order valence-electron chi connectivity index (χ2n) is 7.53. The van der Waals surface area contributed by atoms with E-state index in [9.17, 15) is 18.8 Å². The van der Waals surface area contributed by atoms with Crippen LogP contribution in [0.4, 0.5) is 4.39 Å². The molecule has 0 aliphatic rings. The molecular weight excluding hydrogens is 387 g/mol. The number of rotatable bonds is 8. The molecule has 0 saturated carbocycles. The zero-order valence-corrected chi connectivity index (χ0v) is 17.6. The first kappa shape index (κ1) is 23.1. The summed E-state index contributed by atoms with van der Waals surface area (Å²) < 4.78 is 18.6. The summed E-state index contributed by atoms with van der Waals surface area (Å²) in [6.07, 6.45) is 0. The van der Waals surface area contributed by atoms with Gasteiger partial charge in [-0.3, -0.25) is 9.59 Å². The van der Waals surface area contributed by atoms with Crippen LogP contribution in [0.1, 0.15) is 40.9 Å². The first-order chi connectivity index (χ1) is 14.2. The van der Waals surface area contributed by atoms with E-state index in [2.05, 4.69) is 10.6 Å². The lowest BCUT2D eigenvalue weighted by Crippen LogP contribution is -2.46. The average molecular weight is 414 g/mol. The number of amides is 2. The van der Waals surface area contributed by atoms with Gasteiger partial charge in [0.05, 0.1) is 0 Å². The second kappa shape index (κ2) is 10.5. The highest BCUT2D eigenvalue weighted by molar-refractivity contribution is 5.97. The van der Waals surface area contributed by atoms with E-state index in [-0.39, 0.29) is 18.3 Å². The maximum atomic E-state index is 13.6. The van der Waals surface area contributed by atoms with Crippen LogP contribution in [-0.4, -0.2) is 30.4 Å². The first-order valence-electron chi connectivity index (χ1n) is 9.73. The average Bonchev–Trinajstić information content (AvgIpc) is 2.71. The molecular formula is C23H27FN2O4. The van der Waals surface area contributed by atoms with E-state index < -0.39 is 30.4 Å². The van der Waals surface area contributed by atoms with E-state index >= 15 is 0 Å². The van der Waals surface area contributed by atoms with Crippen LogP contribution in [0, 0.1) is 25.6 Å². The van der Waals surface area contributed by atoms with Crippen molar-refractivity contribution in [2.45, 2.75) is 40.3 Å². The zero-order valence-electron chi connectivity index (χ0n) is 17.6. The van der Waals surface area contributed by atoms with Crippen LogP contribution in [0.5, 0.6) is 0 Å². The smallest absolute Gasteiger partial charge is 0.329 e. The van der Waals surface area contributed by atoms with E-state index in [1.807, 2.05) is 19.1 Å². The molecule has 0 aliphatic carbocycles. The molecule has 1 atom stereocenters. The Hall–Kier alpha value is -3.22. The highest BCUT2D eigenvalue weighted by Gasteiger charge is 2.26. The number of halogens is 1. The van der Waals surface area contributed by atoms with E-state index in [1.165, 1.54) is 6.07 Å². The van der Waals surface area contributed by atoms with Crippen LogP contribution in [0.3, 0.4) is 0 Å². The molecule has 2 aromatic rings. The fourth-order valence-corrected chi connectivity index (χ4v) is 2.65. The molecule has 2 amide bonds. The number of esters is 1. The number of benzene rings is 2. The molecule has 2 aromatic carbocycles. The van der Waals surface area contributed by atoms with Crippen LogP contribution in [0.15, 0.2) is 42.5 Å². The van der Waals surface area contributed by atoms with Gasteiger partial charge in [-0.25, -0.2) is 9.18 Å². The molecule has 6 nitrogen and oxygen atoms in total. The van der Waals surface area contributed by atoms with E-state index in [4.69, 9.17) is 4.74 Å². The number of carbonyl (C=O) groups is 3. The van der Waals surface area contributed by atoms with Crippen molar-refractivity contribution in [2.75, 3.05) is 6.61 Å². The fourth-order valence-electron chi connectivity index (χ4n) is 2.65. The van der Waals surface area contributed by atoms with E-state index in [1.54, 1.807) is 45.0 Å². The maximum Gasteiger partial charge on any atom is 0.329 e. The Morgan fingerprint density at radius 1 is 1.03 bits per heavy atom. The Kier molecular flexibility index (Phi) is 8.09. The van der Waals surface area contributed by atoms with Gasteiger partial charge in [0, 0.05) is 12.1 Å². The van der Waals surface area contributed by atoms with Crippen molar-refractivity contribution in [3.8, 4) is 0 Å². The number of carbonyl (C=O) groups excluding carboxylic acids is 3. The maximum absolute atomic E-state index is 13.6. The van der Waals surface area contributed by atoms with Gasteiger partial charge in [0.1, 0.15) is 11.9 Å². The van der Waals surface area contributed by atoms with Crippen molar-refractivity contribution in [3.05, 3.63) is 70.5 Å². The SMILES string of the molecule is Cc1ccc(C(=O)N[C@H](C(=O)OCC(=O)NCc2ccc(C)c(F)c2)C(C)C)cc1. The summed E-state index contributed by atoms with van der Waals surface area (Å²) in [6, 6.07) is 10.8. The molecule has 0 fully saturated rings. The van der Waals surface area contributed by atoms with Crippen molar-refractivity contribution < 1.29 is 23.5 Å². The third kappa shape index (κ3) is 6.69. The summed E-state index contributed by atoms with van der Waals surface area (Å²) >= 11 is 0. The standard InChI is InChI=1S/C23H27FN2O4/c1-14(2)21(26-22(28)18-9-5-15(3)6-10-18)23(29)30-13-20(27)25-12-17-8-7-16(4)19(24)11-17/h5-11,14,21H,12-13H2,1-4H3,(H,25,27)(H,26,28)/t21-/m0/s1. The molecule has 0 aromatic heterocycles. The lowest BCUT2D eigenvalue weighted by molar-refractivity contribution is -0.151. The normalized spacial score (nSPS) is 11.7. The number of aryl methyl sites for hydroxylation is 2. The third-order valence-corrected chi connectivity index (χ3v) is 4.59. The van der Waals surface area contributed by atoms with Crippen LogP contribution in [0.2, 0.25) is 0 Å². The summed E-state index contributed by atoms with van der Waals surface area (Å²) in [6.45, 7) is 6.74. The molecule has 0 bridgehead atoms. The summed E-state index contributed by atoms with van der Waals surface area (Å²) in [4.78, 5) is 36.8. The molecule has 0 unspecified atom stereocenters. The largest absolute Gasteiger partial charge is 0.454 e. The molecule has 2 N–H and O–H groups in total. The third-order valence-electron chi connectivity index (χ3n) is 4.59. The molecule has 30 heavy (non-hydrogen) atoms. The number of hydrogen-bond donors (Lipinski definition) is 2. The van der Waals surface area contributed by atoms with Gasteiger partial charge in [0.25, 0.3) is 11.8 Å². The monoisotopic (exact) mass is 414 g/mol. The van der Waals surface area contributed by atoms with Gasteiger partial charge in [-0.15, -0.1) is 0 Å². The predicted octanol–water partition coefficient (Wildman–Crippen LogP) is 3.06. The Morgan fingerprint density at radius 3 is 2.30 bits per heavy atom. The van der Waals surface area contributed by atoms with Gasteiger partial charge >= 0.3 is 5.97 Å². The minimum Gasteiger partial charge on any atom is -0.454 e. The van der Waals surface area contributed by atoms with Gasteiger partial charge in [-0.1, -0.05) is 43.7 Å². The van der Waals surface area contributed by atoms with Gasteiger partial charge in [0.15, 0.2) is 6.61 Å². The Labute approximate surface area is 175 Å². The van der Waals surface area contributed by atoms with Gasteiger partial charge in [-0.2, -0.15) is 0 Å². The summed E-state index contributed by atoms with van der Waals surface area (Å²) in [7, 11) is 0. The van der Waals surface area contributed by atoms with Crippen LogP contribution in [0.25, 0.3) is 0 Å². The van der Waals surface area contributed by atoms with Crippen LogP contribution >= 0.6 is 0 Å². The van der Waals surface area contributed by atoms with E-state index in [0.717, 1.165) is 5.56 Å². The van der Waals surface area contributed by atoms with Crippen molar-refractivity contribution in [3.63, 3.8) is 0 Å². The molecule has 2 rings (SSSR count). The summed E-state index contributed by atoms with van der Waals surface area (Å²) in [5.74, 6) is -2.18. The molecule has 160 valence electrons. The molecule has 0 heterocycles. The van der Waals surface area contributed by atoms with Gasteiger partial charge in [-0.05, 0) is 49.1 Å². The predicted molar refractivity (Wildman–Crippen MR) is 111 cm³/mol. The highest BCUT2D eigenvalue weighted by atomic mass is 19.1. The lowest BCUT2D eigenvalue weighted by atomic mass is 10.0. The number of hydrogen-bond acceptors (Lipinski definition) is 4. The molecule has 0 spiro atoms. The second-order valence-corrected chi connectivity index (χ2v) is 7.53. The van der Waals surface area contributed by atoms with Crippen LogP contribution in [-0.2, 0) is 20.9 Å². The zero-order chi connectivity index (χ0) is 22.3. The quantitative estimate of drug-likeness (QED) is 0.651. The minimum absolute atomic E-state index is 0.116. The Balaban J connectivity index is 1.86. The summed E-state index contributed by atoms with van der Waals surface area (Å²) in [5, 5.41) is 5.23. The van der Waals surface area contributed by atoms with E-state index in [0.29, 0.717) is 16.7 Å².